The summed E-state index contributed by atoms with van der Waals surface area (Å²) in [7, 11) is 0. The Morgan fingerprint density at radius 1 is 0.545 bits per heavy atom. The fraction of sp³-hybridized carbons (Fsp3) is 0. The van der Waals surface area contributed by atoms with Gasteiger partial charge in [-0.2, -0.15) is 0 Å². The molecule has 4 aromatic heterocycles. The van der Waals surface area contributed by atoms with E-state index in [1.165, 1.54) is 29.6 Å². The number of thiophene rings is 2. The minimum atomic E-state index is 0.959. The Morgan fingerprint density at radius 2 is 1.00 bits per heavy atom. The second kappa shape index (κ2) is 3.72. The van der Waals surface area contributed by atoms with Crippen LogP contribution in [0.25, 0.3) is 51.9 Å². The Hall–Kier alpha value is -2.30. The molecule has 4 heteroatoms. The van der Waals surface area contributed by atoms with Crippen molar-refractivity contribution in [3.63, 3.8) is 0 Å². The van der Waals surface area contributed by atoms with Crippen molar-refractivity contribution in [1.29, 1.82) is 0 Å². The van der Waals surface area contributed by atoms with Crippen molar-refractivity contribution in [2.45, 2.75) is 0 Å². The molecule has 4 heterocycles. The number of para-hydroxylation sites is 2. The Morgan fingerprint density at radius 3 is 1.50 bits per heavy atom. The van der Waals surface area contributed by atoms with Gasteiger partial charge in [-0.05, 0) is 24.3 Å². The molecule has 6 aromatic rings. The average molecular weight is 320 g/mol. The zero-order valence-electron chi connectivity index (χ0n) is 11.3. The first-order valence-electron chi connectivity index (χ1n) is 7.04. The van der Waals surface area contributed by atoms with Crippen LogP contribution in [-0.4, -0.2) is 0 Å². The number of rotatable bonds is 0. The summed E-state index contributed by atoms with van der Waals surface area (Å²) in [5.41, 5.74) is 3.92. The third-order valence-electron chi connectivity index (χ3n) is 4.13. The third kappa shape index (κ3) is 1.22. The molecule has 2 nitrogen and oxygen atoms in total. The van der Waals surface area contributed by atoms with Gasteiger partial charge in [0.25, 0.3) is 0 Å². The standard InChI is InChI=1S/C18H8O2S2/c1-3-7-11-9(5-1)15-13(19-11)17-18(21-15)14-16(22-17)10-6-2-4-8-12(10)20-14/h1-8H. The molecule has 0 aliphatic rings. The van der Waals surface area contributed by atoms with Crippen LogP contribution in [0.4, 0.5) is 0 Å². The van der Waals surface area contributed by atoms with Crippen molar-refractivity contribution in [2.75, 3.05) is 0 Å². The van der Waals surface area contributed by atoms with Crippen molar-refractivity contribution >= 4 is 74.6 Å². The molecule has 2 aromatic carbocycles. The van der Waals surface area contributed by atoms with E-state index >= 15 is 0 Å². The zero-order valence-corrected chi connectivity index (χ0v) is 12.9. The lowest BCUT2D eigenvalue weighted by Gasteiger charge is -1.85. The summed E-state index contributed by atoms with van der Waals surface area (Å²) in [6.45, 7) is 0. The topological polar surface area (TPSA) is 26.3 Å². The molecule has 0 atom stereocenters. The van der Waals surface area contributed by atoms with Crippen LogP contribution in [0, 0.1) is 0 Å². The molecule has 0 bridgehead atoms. The van der Waals surface area contributed by atoms with E-state index in [1.807, 2.05) is 24.3 Å². The molecule has 22 heavy (non-hydrogen) atoms. The monoisotopic (exact) mass is 320 g/mol. The van der Waals surface area contributed by atoms with E-state index in [0.29, 0.717) is 0 Å². The van der Waals surface area contributed by atoms with Gasteiger partial charge in [0.05, 0.1) is 18.8 Å². The van der Waals surface area contributed by atoms with Crippen LogP contribution in [0.1, 0.15) is 0 Å². The van der Waals surface area contributed by atoms with Gasteiger partial charge in [0.1, 0.15) is 11.2 Å². The van der Waals surface area contributed by atoms with Gasteiger partial charge in [0.2, 0.25) is 0 Å². The molecule has 0 aliphatic carbocycles. The van der Waals surface area contributed by atoms with E-state index in [0.717, 1.165) is 22.3 Å². The largest absolute Gasteiger partial charge is 0.454 e. The molecule has 104 valence electrons. The van der Waals surface area contributed by atoms with Crippen LogP contribution in [0.15, 0.2) is 57.4 Å². The Balaban J connectivity index is 1.88. The third-order valence-corrected chi connectivity index (χ3v) is 6.66. The SMILES string of the molecule is c1ccc2c(c1)oc1c2sc2c3oc4ccccc4c3sc12. The minimum Gasteiger partial charge on any atom is -0.454 e. The Labute approximate surface area is 132 Å². The highest BCUT2D eigenvalue weighted by Gasteiger charge is 2.21. The number of furan rings is 2. The molecule has 0 aliphatic heterocycles. The normalized spacial score (nSPS) is 12.5. The summed E-state index contributed by atoms with van der Waals surface area (Å²) in [4.78, 5) is 0. The van der Waals surface area contributed by atoms with E-state index in [-0.39, 0.29) is 0 Å². The molecular weight excluding hydrogens is 312 g/mol. The first-order valence-corrected chi connectivity index (χ1v) is 8.67. The zero-order chi connectivity index (χ0) is 14.3. The highest BCUT2D eigenvalue weighted by atomic mass is 32.1. The van der Waals surface area contributed by atoms with E-state index in [9.17, 15) is 0 Å². The van der Waals surface area contributed by atoms with Gasteiger partial charge in [0, 0.05) is 10.8 Å². The highest BCUT2D eigenvalue weighted by molar-refractivity contribution is 7.37. The Bertz CT molecular complexity index is 1220. The molecule has 0 spiro atoms. The molecule has 0 saturated carbocycles. The molecule has 0 saturated heterocycles. The lowest BCUT2D eigenvalue weighted by molar-refractivity contribution is 0.671. The van der Waals surface area contributed by atoms with Gasteiger partial charge in [0.15, 0.2) is 11.2 Å². The highest BCUT2D eigenvalue weighted by Crippen LogP contribution is 2.49. The number of fused-ring (bicyclic) bond motifs is 9. The van der Waals surface area contributed by atoms with E-state index < -0.39 is 0 Å². The predicted molar refractivity (Wildman–Crippen MR) is 94.3 cm³/mol. The maximum atomic E-state index is 6.10. The molecule has 0 fully saturated rings. The maximum absolute atomic E-state index is 6.10. The fourth-order valence-corrected chi connectivity index (χ4v) is 5.80. The molecule has 0 unspecified atom stereocenters. The van der Waals surface area contributed by atoms with Gasteiger partial charge in [-0.15, -0.1) is 22.7 Å². The number of hydrogen-bond donors (Lipinski definition) is 0. The fourth-order valence-electron chi connectivity index (χ4n) is 3.14. The summed E-state index contributed by atoms with van der Waals surface area (Å²) < 4.78 is 17.0. The summed E-state index contributed by atoms with van der Waals surface area (Å²) in [5.74, 6) is 0. The van der Waals surface area contributed by atoms with Crippen LogP contribution in [0.2, 0.25) is 0 Å². The number of benzene rings is 2. The average Bonchev–Trinajstić information content (AvgIpc) is 3.24. The van der Waals surface area contributed by atoms with E-state index in [4.69, 9.17) is 8.83 Å². The van der Waals surface area contributed by atoms with Crippen LogP contribution in [-0.2, 0) is 0 Å². The molecule has 0 radical (unpaired) electrons. The Kier molecular flexibility index (Phi) is 1.91. The lowest BCUT2D eigenvalue weighted by atomic mass is 10.2. The van der Waals surface area contributed by atoms with Crippen LogP contribution in [0.3, 0.4) is 0 Å². The summed E-state index contributed by atoms with van der Waals surface area (Å²) in [6, 6.07) is 16.4. The van der Waals surface area contributed by atoms with Gasteiger partial charge in [-0.1, -0.05) is 24.3 Å². The van der Waals surface area contributed by atoms with Gasteiger partial charge in [-0.3, -0.25) is 0 Å². The maximum Gasteiger partial charge on any atom is 0.164 e. The minimum absolute atomic E-state index is 0.959. The van der Waals surface area contributed by atoms with Crippen molar-refractivity contribution in [2.24, 2.45) is 0 Å². The van der Waals surface area contributed by atoms with Crippen LogP contribution >= 0.6 is 22.7 Å². The van der Waals surface area contributed by atoms with Crippen molar-refractivity contribution in [1.82, 2.24) is 0 Å². The summed E-state index contributed by atoms with van der Waals surface area (Å²) in [5, 5.41) is 2.38. The predicted octanol–water partition coefficient (Wildman–Crippen LogP) is 6.76. The molecule has 6 rings (SSSR count). The van der Waals surface area contributed by atoms with Crippen molar-refractivity contribution in [3.8, 4) is 0 Å². The smallest absolute Gasteiger partial charge is 0.164 e. The quantitative estimate of drug-likeness (QED) is 0.309. The van der Waals surface area contributed by atoms with E-state index in [2.05, 4.69) is 24.3 Å². The van der Waals surface area contributed by atoms with Gasteiger partial charge in [-0.25, -0.2) is 0 Å². The molecule has 0 N–H and O–H groups in total. The summed E-state index contributed by atoms with van der Waals surface area (Å²) in [6.07, 6.45) is 0. The van der Waals surface area contributed by atoms with Crippen molar-refractivity contribution < 1.29 is 8.83 Å². The molecular formula is C18H8O2S2. The first kappa shape index (κ1) is 11.3. The first-order chi connectivity index (χ1) is 10.9. The second-order valence-electron chi connectivity index (χ2n) is 5.38. The van der Waals surface area contributed by atoms with Crippen LogP contribution < -0.4 is 0 Å². The lowest BCUT2D eigenvalue weighted by Crippen LogP contribution is -1.59. The van der Waals surface area contributed by atoms with Crippen molar-refractivity contribution in [3.05, 3.63) is 48.5 Å². The van der Waals surface area contributed by atoms with Crippen LogP contribution in [0.5, 0.6) is 0 Å². The van der Waals surface area contributed by atoms with E-state index in [1.54, 1.807) is 22.7 Å². The number of hydrogen-bond acceptors (Lipinski definition) is 4. The second-order valence-corrected chi connectivity index (χ2v) is 7.42. The van der Waals surface area contributed by atoms with Gasteiger partial charge >= 0.3 is 0 Å². The van der Waals surface area contributed by atoms with Gasteiger partial charge < -0.3 is 8.83 Å². The summed E-state index contributed by atoms with van der Waals surface area (Å²) >= 11 is 3.54. The molecule has 0 amide bonds.